The summed E-state index contributed by atoms with van der Waals surface area (Å²) < 4.78 is 0. The van der Waals surface area contributed by atoms with Gasteiger partial charge >= 0.3 is 0 Å². The van der Waals surface area contributed by atoms with Crippen molar-refractivity contribution in [3.63, 3.8) is 0 Å². The van der Waals surface area contributed by atoms with Crippen LogP contribution in [0.3, 0.4) is 0 Å². The van der Waals surface area contributed by atoms with Crippen LogP contribution >= 0.6 is 0 Å². The van der Waals surface area contributed by atoms with Crippen LogP contribution in [0.1, 0.15) is 25.7 Å². The molecule has 0 aromatic rings. The molecule has 0 bridgehead atoms. The van der Waals surface area contributed by atoms with Crippen LogP contribution in [0.5, 0.6) is 0 Å². The fourth-order valence-corrected chi connectivity index (χ4v) is 1.66. The van der Waals surface area contributed by atoms with Crippen LogP contribution in [0.15, 0.2) is 0 Å². The van der Waals surface area contributed by atoms with Crippen molar-refractivity contribution in [3.8, 4) is 0 Å². The predicted molar refractivity (Wildman–Crippen MR) is 40.6 cm³/mol. The molecule has 0 atom stereocenters. The van der Waals surface area contributed by atoms with E-state index < -0.39 is 0 Å². The van der Waals surface area contributed by atoms with Crippen molar-refractivity contribution in [1.29, 1.82) is 0 Å². The second-order valence-corrected chi connectivity index (χ2v) is 3.03. The van der Waals surface area contributed by atoms with Gasteiger partial charge in [0.1, 0.15) is 0 Å². The number of hydrogen-bond acceptors (Lipinski definition) is 2. The third kappa shape index (κ3) is 1.50. The van der Waals surface area contributed by atoms with E-state index in [1.807, 2.05) is 0 Å². The summed E-state index contributed by atoms with van der Waals surface area (Å²) in [7, 11) is 0. The second-order valence-electron chi connectivity index (χ2n) is 3.03. The van der Waals surface area contributed by atoms with Crippen molar-refractivity contribution in [1.82, 2.24) is 5.32 Å². The molecular weight excluding hydrogens is 126 g/mol. The molecular formula is C8H15NO. The van der Waals surface area contributed by atoms with E-state index in [1.54, 1.807) is 0 Å². The minimum absolute atomic E-state index is 0.0330. The van der Waals surface area contributed by atoms with Crippen LogP contribution in [0.2, 0.25) is 0 Å². The molecule has 0 unspecified atom stereocenters. The third-order valence-electron chi connectivity index (χ3n) is 2.34. The zero-order valence-corrected chi connectivity index (χ0v) is 6.27. The van der Waals surface area contributed by atoms with Gasteiger partial charge in [-0.3, -0.25) is 0 Å². The molecule has 2 N–H and O–H groups in total. The smallest absolute Gasteiger partial charge is 0.0613 e. The van der Waals surface area contributed by atoms with E-state index in [9.17, 15) is 0 Å². The van der Waals surface area contributed by atoms with Gasteiger partial charge in [0.05, 0.1) is 6.61 Å². The van der Waals surface area contributed by atoms with Crippen LogP contribution in [0.25, 0.3) is 0 Å². The molecule has 58 valence electrons. The fraction of sp³-hybridized carbons (Fsp3) is 0.875. The average Bonchev–Trinajstić information content (AvgIpc) is 2.39. The highest BCUT2D eigenvalue weighted by Crippen LogP contribution is 2.28. The van der Waals surface area contributed by atoms with E-state index in [2.05, 4.69) is 5.32 Å². The molecule has 2 nitrogen and oxygen atoms in total. The van der Waals surface area contributed by atoms with Gasteiger partial charge in [-0.1, -0.05) is 12.8 Å². The molecule has 1 aliphatic rings. The molecule has 0 saturated heterocycles. The number of aliphatic hydroxyl groups excluding tert-OH is 1. The van der Waals surface area contributed by atoms with Crippen molar-refractivity contribution in [2.24, 2.45) is 0 Å². The lowest BCUT2D eigenvalue weighted by molar-refractivity contribution is 0.168. The zero-order chi connectivity index (χ0) is 7.45. The molecule has 0 spiro atoms. The first-order valence-electron chi connectivity index (χ1n) is 3.89. The number of hydrogen-bond donors (Lipinski definition) is 2. The number of aliphatic hydroxyl groups is 1. The molecule has 2 heteroatoms. The first-order chi connectivity index (χ1) is 4.83. The summed E-state index contributed by atoms with van der Waals surface area (Å²) in [6, 6.07) is 0. The van der Waals surface area contributed by atoms with Crippen molar-refractivity contribution < 1.29 is 5.11 Å². The van der Waals surface area contributed by atoms with Gasteiger partial charge in [0, 0.05) is 5.54 Å². The quantitative estimate of drug-likeness (QED) is 0.603. The summed E-state index contributed by atoms with van der Waals surface area (Å²) in [5.41, 5.74) is -0.0330. The van der Waals surface area contributed by atoms with Crippen LogP contribution in [-0.2, 0) is 0 Å². The first kappa shape index (κ1) is 8.02. The van der Waals surface area contributed by atoms with E-state index >= 15 is 0 Å². The molecule has 1 rings (SSSR count). The molecule has 10 heavy (non-hydrogen) atoms. The van der Waals surface area contributed by atoms with Crippen molar-refractivity contribution >= 4 is 0 Å². The van der Waals surface area contributed by atoms with Gasteiger partial charge in [-0.15, -0.1) is 0 Å². The Morgan fingerprint density at radius 1 is 1.40 bits per heavy atom. The first-order valence-corrected chi connectivity index (χ1v) is 3.89. The van der Waals surface area contributed by atoms with Gasteiger partial charge < -0.3 is 10.4 Å². The minimum atomic E-state index is -0.0330. The summed E-state index contributed by atoms with van der Waals surface area (Å²) in [5.74, 6) is 0. The monoisotopic (exact) mass is 141 g/mol. The molecule has 0 heterocycles. The lowest BCUT2D eigenvalue weighted by Gasteiger charge is -2.27. The molecule has 0 amide bonds. The minimum Gasteiger partial charge on any atom is -0.394 e. The topological polar surface area (TPSA) is 32.3 Å². The van der Waals surface area contributed by atoms with Crippen molar-refractivity contribution in [2.45, 2.75) is 31.2 Å². The van der Waals surface area contributed by atoms with Gasteiger partial charge in [0.2, 0.25) is 0 Å². The summed E-state index contributed by atoms with van der Waals surface area (Å²) in [6.07, 6.45) is 4.57. The Hall–Kier alpha value is -0.0800. The SMILES string of the molecule is [CH]CNC1(CO)CCCC1. The Kier molecular flexibility index (Phi) is 2.69. The summed E-state index contributed by atoms with van der Waals surface area (Å²) >= 11 is 0. The van der Waals surface area contributed by atoms with Gasteiger partial charge in [-0.2, -0.15) is 0 Å². The van der Waals surface area contributed by atoms with E-state index in [4.69, 9.17) is 12.0 Å². The zero-order valence-electron chi connectivity index (χ0n) is 6.27. The van der Waals surface area contributed by atoms with Crippen LogP contribution in [-0.4, -0.2) is 23.8 Å². The Morgan fingerprint density at radius 2 is 2.00 bits per heavy atom. The lowest BCUT2D eigenvalue weighted by atomic mass is 9.99. The van der Waals surface area contributed by atoms with Gasteiger partial charge in [-0.05, 0) is 26.3 Å². The number of nitrogens with one attached hydrogen (secondary N) is 1. The average molecular weight is 141 g/mol. The molecule has 0 aromatic carbocycles. The van der Waals surface area contributed by atoms with Crippen LogP contribution in [0, 0.1) is 6.92 Å². The summed E-state index contributed by atoms with van der Waals surface area (Å²) in [4.78, 5) is 0. The maximum atomic E-state index is 9.03. The van der Waals surface area contributed by atoms with Crippen LogP contribution < -0.4 is 5.32 Å². The summed E-state index contributed by atoms with van der Waals surface area (Å²) in [5, 5.41) is 12.2. The number of rotatable bonds is 3. The van der Waals surface area contributed by atoms with E-state index in [0.29, 0.717) is 6.54 Å². The van der Waals surface area contributed by atoms with E-state index in [-0.39, 0.29) is 12.1 Å². The second kappa shape index (κ2) is 3.35. The molecule has 1 saturated carbocycles. The van der Waals surface area contributed by atoms with Crippen molar-refractivity contribution in [2.75, 3.05) is 13.2 Å². The maximum absolute atomic E-state index is 9.03. The largest absolute Gasteiger partial charge is 0.394 e. The fourth-order valence-electron chi connectivity index (χ4n) is 1.66. The lowest BCUT2D eigenvalue weighted by Crippen LogP contribution is -2.45. The Bertz CT molecular complexity index is 97.4. The van der Waals surface area contributed by atoms with E-state index in [0.717, 1.165) is 12.8 Å². The van der Waals surface area contributed by atoms with Crippen LogP contribution in [0.4, 0.5) is 0 Å². The third-order valence-corrected chi connectivity index (χ3v) is 2.34. The van der Waals surface area contributed by atoms with E-state index in [1.165, 1.54) is 12.8 Å². The Labute approximate surface area is 62.6 Å². The maximum Gasteiger partial charge on any atom is 0.0613 e. The highest BCUT2D eigenvalue weighted by Gasteiger charge is 2.31. The standard InChI is InChI=1S/C8H15NO/c1-2-9-8(7-10)5-3-4-6-8/h1,9-10H,2-7H2. The van der Waals surface area contributed by atoms with Gasteiger partial charge in [-0.25, -0.2) is 0 Å². The normalized spacial score (nSPS) is 23.4. The summed E-state index contributed by atoms with van der Waals surface area (Å²) in [6.45, 7) is 6.05. The molecule has 0 aromatic heterocycles. The van der Waals surface area contributed by atoms with Gasteiger partial charge in [0.25, 0.3) is 0 Å². The molecule has 1 fully saturated rings. The molecule has 0 aliphatic heterocycles. The van der Waals surface area contributed by atoms with Crippen molar-refractivity contribution in [3.05, 3.63) is 6.92 Å². The predicted octanol–water partition coefficient (Wildman–Crippen LogP) is 0.592. The Balaban J connectivity index is 2.41. The highest BCUT2D eigenvalue weighted by atomic mass is 16.3. The van der Waals surface area contributed by atoms with Gasteiger partial charge in [0.15, 0.2) is 0 Å². The molecule has 2 radical (unpaired) electrons. The Morgan fingerprint density at radius 3 is 2.40 bits per heavy atom. The highest BCUT2D eigenvalue weighted by molar-refractivity contribution is 4.91. The molecule has 1 aliphatic carbocycles.